The lowest BCUT2D eigenvalue weighted by molar-refractivity contribution is 0.0958. The number of thiophene rings is 1. The molecule has 0 radical (unpaired) electrons. The van der Waals surface area contributed by atoms with Crippen molar-refractivity contribution in [1.29, 1.82) is 0 Å². The van der Waals surface area contributed by atoms with Crippen LogP contribution in [0.1, 0.15) is 15.2 Å². The molecule has 0 aliphatic rings. The summed E-state index contributed by atoms with van der Waals surface area (Å²) in [5.74, 6) is 0.671. The maximum Gasteiger partial charge on any atom is 0.261 e. The summed E-state index contributed by atoms with van der Waals surface area (Å²) in [6, 6.07) is 9.93. The van der Waals surface area contributed by atoms with Crippen molar-refractivity contribution in [3.05, 3.63) is 52.3 Å². The van der Waals surface area contributed by atoms with Gasteiger partial charge in [0.1, 0.15) is 5.75 Å². The van der Waals surface area contributed by atoms with E-state index in [9.17, 15) is 4.79 Å². The average molecular weight is 300 g/mol. The molecule has 0 unspecified atom stereocenters. The van der Waals surface area contributed by atoms with E-state index in [-0.39, 0.29) is 5.91 Å². The molecule has 0 saturated heterocycles. The minimum Gasteiger partial charge on any atom is -0.496 e. The minimum atomic E-state index is -0.0526. The number of carbonyl (C=O) groups excluding carboxylic acids is 1. The quantitative estimate of drug-likeness (QED) is 0.760. The number of methoxy groups -OCH3 is 1. The molecule has 2 aromatic heterocycles. The van der Waals surface area contributed by atoms with Gasteiger partial charge in [-0.15, -0.1) is 11.3 Å². The van der Waals surface area contributed by atoms with Crippen LogP contribution in [0.15, 0.2) is 41.9 Å². The van der Waals surface area contributed by atoms with Gasteiger partial charge in [-0.1, -0.05) is 18.2 Å². The van der Waals surface area contributed by atoms with Gasteiger partial charge in [-0.25, -0.2) is 0 Å². The fraction of sp³-hybridized carbons (Fsp3) is 0.188. The van der Waals surface area contributed by atoms with Crippen molar-refractivity contribution in [2.45, 2.75) is 6.42 Å². The summed E-state index contributed by atoms with van der Waals surface area (Å²) in [7, 11) is 1.60. The molecule has 0 aliphatic carbocycles. The number of fused-ring (bicyclic) bond motifs is 1. The Morgan fingerprint density at radius 2 is 2.24 bits per heavy atom. The van der Waals surface area contributed by atoms with E-state index >= 15 is 0 Å². The molecule has 0 atom stereocenters. The highest BCUT2D eigenvalue weighted by Gasteiger charge is 2.09. The number of carbonyl (C=O) groups is 1. The van der Waals surface area contributed by atoms with Crippen LogP contribution in [-0.4, -0.2) is 24.5 Å². The van der Waals surface area contributed by atoms with Crippen LogP contribution in [-0.2, 0) is 6.42 Å². The van der Waals surface area contributed by atoms with E-state index in [1.165, 1.54) is 22.3 Å². The number of para-hydroxylation sites is 1. The molecule has 2 N–H and O–H groups in total. The molecule has 2 heterocycles. The van der Waals surface area contributed by atoms with Crippen LogP contribution in [0.5, 0.6) is 5.75 Å². The highest BCUT2D eigenvalue weighted by molar-refractivity contribution is 7.12. The molecule has 0 fully saturated rings. The van der Waals surface area contributed by atoms with Crippen LogP contribution < -0.4 is 10.1 Å². The van der Waals surface area contributed by atoms with Gasteiger partial charge in [0.2, 0.25) is 0 Å². The monoisotopic (exact) mass is 300 g/mol. The fourth-order valence-electron chi connectivity index (χ4n) is 2.28. The number of aromatic nitrogens is 1. The second-order valence-electron chi connectivity index (χ2n) is 4.72. The Morgan fingerprint density at radius 1 is 1.38 bits per heavy atom. The molecule has 0 saturated carbocycles. The van der Waals surface area contributed by atoms with Crippen molar-refractivity contribution >= 4 is 28.1 Å². The molecular formula is C16H16N2O2S. The summed E-state index contributed by atoms with van der Waals surface area (Å²) in [6.45, 7) is 0.612. The summed E-state index contributed by atoms with van der Waals surface area (Å²) < 4.78 is 5.08. The predicted molar refractivity (Wildman–Crippen MR) is 85.2 cm³/mol. The van der Waals surface area contributed by atoms with Crippen LogP contribution in [0.2, 0.25) is 0 Å². The molecule has 3 rings (SSSR count). The summed E-state index contributed by atoms with van der Waals surface area (Å²) in [5, 5.41) is 5.98. The number of rotatable bonds is 5. The van der Waals surface area contributed by atoms with E-state index in [0.29, 0.717) is 11.4 Å². The Labute approximate surface area is 126 Å². The summed E-state index contributed by atoms with van der Waals surface area (Å²) in [4.78, 5) is 15.9. The minimum absolute atomic E-state index is 0.0526. The van der Waals surface area contributed by atoms with Crippen LogP contribution in [0.25, 0.3) is 10.9 Å². The van der Waals surface area contributed by atoms with Gasteiger partial charge in [-0.3, -0.25) is 4.79 Å². The zero-order chi connectivity index (χ0) is 14.7. The van der Waals surface area contributed by atoms with Gasteiger partial charge in [0.05, 0.1) is 12.0 Å². The SMILES string of the molecule is COc1csc(C(=O)NCCc2c[nH]c3ccccc23)c1. The van der Waals surface area contributed by atoms with Gasteiger partial charge >= 0.3 is 0 Å². The Balaban J connectivity index is 1.59. The van der Waals surface area contributed by atoms with Gasteiger partial charge in [0.25, 0.3) is 5.91 Å². The number of amides is 1. The van der Waals surface area contributed by atoms with Crippen LogP contribution >= 0.6 is 11.3 Å². The Kier molecular flexibility index (Phi) is 3.92. The largest absolute Gasteiger partial charge is 0.496 e. The van der Waals surface area contributed by atoms with Crippen molar-refractivity contribution in [1.82, 2.24) is 10.3 Å². The zero-order valence-electron chi connectivity index (χ0n) is 11.7. The summed E-state index contributed by atoms with van der Waals surface area (Å²) in [6.07, 6.45) is 2.81. The molecule has 1 amide bonds. The highest BCUT2D eigenvalue weighted by Crippen LogP contribution is 2.21. The first-order chi connectivity index (χ1) is 10.3. The number of aromatic amines is 1. The third-order valence-electron chi connectivity index (χ3n) is 3.39. The summed E-state index contributed by atoms with van der Waals surface area (Å²) >= 11 is 1.39. The van der Waals surface area contributed by atoms with E-state index < -0.39 is 0 Å². The molecule has 0 aliphatic heterocycles. The van der Waals surface area contributed by atoms with Crippen LogP contribution in [0.4, 0.5) is 0 Å². The van der Waals surface area contributed by atoms with Crippen molar-refractivity contribution in [3.63, 3.8) is 0 Å². The van der Waals surface area contributed by atoms with Crippen LogP contribution in [0.3, 0.4) is 0 Å². The predicted octanol–water partition coefficient (Wildman–Crippen LogP) is 3.21. The lowest BCUT2D eigenvalue weighted by atomic mass is 10.1. The van der Waals surface area contributed by atoms with E-state index in [2.05, 4.69) is 22.4 Å². The van der Waals surface area contributed by atoms with E-state index in [4.69, 9.17) is 4.74 Å². The first-order valence-corrected chi connectivity index (χ1v) is 7.61. The standard InChI is InChI=1S/C16H16N2O2S/c1-20-12-8-15(21-10-12)16(19)17-7-6-11-9-18-14-5-3-2-4-13(11)14/h2-5,8-10,18H,6-7H2,1H3,(H,17,19). The van der Waals surface area contributed by atoms with Gasteiger partial charge in [-0.05, 0) is 18.1 Å². The molecule has 21 heavy (non-hydrogen) atoms. The second kappa shape index (κ2) is 6.01. The lowest BCUT2D eigenvalue weighted by Crippen LogP contribution is -2.24. The molecule has 3 aromatic rings. The van der Waals surface area contributed by atoms with Gasteiger partial charge < -0.3 is 15.0 Å². The van der Waals surface area contributed by atoms with Crippen molar-refractivity contribution in [3.8, 4) is 5.75 Å². The van der Waals surface area contributed by atoms with Crippen molar-refractivity contribution < 1.29 is 9.53 Å². The molecule has 5 heteroatoms. The molecule has 108 valence electrons. The second-order valence-corrected chi connectivity index (χ2v) is 5.63. The highest BCUT2D eigenvalue weighted by atomic mass is 32.1. The van der Waals surface area contributed by atoms with Gasteiger partial charge in [-0.2, -0.15) is 0 Å². The van der Waals surface area contributed by atoms with E-state index in [0.717, 1.165) is 17.7 Å². The van der Waals surface area contributed by atoms with Gasteiger partial charge in [0, 0.05) is 35.1 Å². The van der Waals surface area contributed by atoms with Crippen LogP contribution in [0, 0.1) is 0 Å². The molecule has 4 nitrogen and oxygen atoms in total. The maximum atomic E-state index is 12.0. The maximum absolute atomic E-state index is 12.0. The summed E-state index contributed by atoms with van der Waals surface area (Å²) in [5.41, 5.74) is 2.34. The Morgan fingerprint density at radius 3 is 3.05 bits per heavy atom. The lowest BCUT2D eigenvalue weighted by Gasteiger charge is -2.03. The zero-order valence-corrected chi connectivity index (χ0v) is 12.5. The fourth-order valence-corrected chi connectivity index (χ4v) is 3.05. The number of H-pyrrole nitrogens is 1. The Hall–Kier alpha value is -2.27. The first kappa shape index (κ1) is 13.7. The number of hydrogen-bond donors (Lipinski definition) is 2. The van der Waals surface area contributed by atoms with Crippen molar-refractivity contribution in [2.24, 2.45) is 0 Å². The van der Waals surface area contributed by atoms with E-state index in [1.807, 2.05) is 23.7 Å². The number of nitrogens with one attached hydrogen (secondary N) is 2. The first-order valence-electron chi connectivity index (χ1n) is 6.73. The molecule has 1 aromatic carbocycles. The third kappa shape index (κ3) is 2.92. The smallest absolute Gasteiger partial charge is 0.261 e. The topological polar surface area (TPSA) is 54.1 Å². The average Bonchev–Trinajstić information content (AvgIpc) is 3.14. The molecular weight excluding hydrogens is 284 g/mol. The van der Waals surface area contributed by atoms with E-state index in [1.54, 1.807) is 13.2 Å². The van der Waals surface area contributed by atoms with Crippen molar-refractivity contribution in [2.75, 3.05) is 13.7 Å². The number of ether oxygens (including phenoxy) is 1. The molecule has 0 bridgehead atoms. The normalized spacial score (nSPS) is 10.7. The molecule has 0 spiro atoms. The number of benzene rings is 1. The third-order valence-corrected chi connectivity index (χ3v) is 4.30. The Bertz CT molecular complexity index is 760. The number of hydrogen-bond acceptors (Lipinski definition) is 3. The van der Waals surface area contributed by atoms with Gasteiger partial charge in [0.15, 0.2) is 0 Å².